The second-order valence-corrected chi connectivity index (χ2v) is 15.9. The van der Waals surface area contributed by atoms with Gasteiger partial charge in [-0.3, -0.25) is 0 Å². The Labute approximate surface area is 135 Å². The maximum Gasteiger partial charge on any atom is 0.358 e. The number of carbonyl (C=O) groups is 1. The Balaban J connectivity index is 3.13. The molecule has 1 aromatic carbocycles. The van der Waals surface area contributed by atoms with Gasteiger partial charge in [-0.2, -0.15) is 0 Å². The molecule has 0 saturated carbocycles. The summed E-state index contributed by atoms with van der Waals surface area (Å²) in [6, 6.07) is 7.49. The van der Waals surface area contributed by atoms with Gasteiger partial charge < -0.3 is 13.6 Å². The van der Waals surface area contributed by atoms with Crippen LogP contribution in [0.4, 0.5) is 0 Å². The maximum atomic E-state index is 12.4. The topological polar surface area (TPSA) is 44.8 Å². The van der Waals surface area contributed by atoms with Crippen molar-refractivity contribution in [3.8, 4) is 5.75 Å². The molecule has 0 atom stereocenters. The standard InChI is InChI=1S/C16H26O4Si2/c1-18-14-10-8-9-13(11-14)12-15(19-21(2,3)4)16(17)20-22(5,6)7/h8-12H,1-7H3/b15-12-. The lowest BCUT2D eigenvalue weighted by atomic mass is 10.2. The van der Waals surface area contributed by atoms with Crippen molar-refractivity contribution in [3.05, 3.63) is 35.6 Å². The van der Waals surface area contributed by atoms with Crippen molar-refractivity contribution in [2.75, 3.05) is 7.11 Å². The highest BCUT2D eigenvalue weighted by molar-refractivity contribution is 6.72. The number of ether oxygens (including phenoxy) is 1. The quantitative estimate of drug-likeness (QED) is 0.441. The lowest BCUT2D eigenvalue weighted by Crippen LogP contribution is -2.33. The van der Waals surface area contributed by atoms with Gasteiger partial charge in [0.05, 0.1) is 7.11 Å². The first kappa shape index (κ1) is 18.5. The molecule has 0 fully saturated rings. The molecule has 6 heteroatoms. The number of methoxy groups -OCH3 is 1. The van der Waals surface area contributed by atoms with Gasteiger partial charge >= 0.3 is 5.97 Å². The summed E-state index contributed by atoms with van der Waals surface area (Å²) in [6.07, 6.45) is 1.73. The van der Waals surface area contributed by atoms with E-state index in [9.17, 15) is 4.79 Å². The fraction of sp³-hybridized carbons (Fsp3) is 0.438. The molecule has 0 heterocycles. The van der Waals surface area contributed by atoms with E-state index in [1.807, 2.05) is 63.5 Å². The van der Waals surface area contributed by atoms with Crippen LogP contribution in [-0.2, 0) is 13.6 Å². The molecule has 0 radical (unpaired) electrons. The molecule has 0 aliphatic rings. The van der Waals surface area contributed by atoms with E-state index in [1.54, 1.807) is 13.2 Å². The summed E-state index contributed by atoms with van der Waals surface area (Å²) in [4.78, 5) is 12.4. The lowest BCUT2D eigenvalue weighted by Gasteiger charge is -2.24. The van der Waals surface area contributed by atoms with Crippen LogP contribution in [0, 0.1) is 0 Å². The molecule has 4 nitrogen and oxygen atoms in total. The van der Waals surface area contributed by atoms with Gasteiger partial charge in [-0.05, 0) is 63.1 Å². The van der Waals surface area contributed by atoms with Crippen LogP contribution in [0.2, 0.25) is 39.3 Å². The Morgan fingerprint density at radius 3 is 2.09 bits per heavy atom. The summed E-state index contributed by atoms with van der Waals surface area (Å²) in [5.41, 5.74) is 0.847. The molecule has 0 spiro atoms. The van der Waals surface area contributed by atoms with Crippen LogP contribution in [0.5, 0.6) is 5.75 Å². The first-order chi connectivity index (χ1) is 10.00. The fourth-order valence-corrected chi connectivity index (χ4v) is 3.13. The Bertz CT molecular complexity index is 554. The minimum absolute atomic E-state index is 0.273. The van der Waals surface area contributed by atoms with Crippen molar-refractivity contribution in [3.63, 3.8) is 0 Å². The zero-order valence-electron chi connectivity index (χ0n) is 14.5. The molecule has 0 aliphatic carbocycles. The molecular formula is C16H26O4Si2. The van der Waals surface area contributed by atoms with Crippen molar-refractivity contribution in [2.24, 2.45) is 0 Å². The van der Waals surface area contributed by atoms with Crippen molar-refractivity contribution < 1.29 is 18.4 Å². The summed E-state index contributed by atoms with van der Waals surface area (Å²) in [6.45, 7) is 12.0. The van der Waals surface area contributed by atoms with E-state index < -0.39 is 16.6 Å². The maximum absolute atomic E-state index is 12.4. The second kappa shape index (κ2) is 7.15. The van der Waals surface area contributed by atoms with Crippen LogP contribution < -0.4 is 4.74 Å². The average Bonchev–Trinajstić information content (AvgIpc) is 2.34. The number of hydrogen-bond donors (Lipinski definition) is 0. The van der Waals surface area contributed by atoms with Gasteiger partial charge in [-0.25, -0.2) is 4.79 Å². The van der Waals surface area contributed by atoms with Gasteiger partial charge in [0.25, 0.3) is 0 Å². The van der Waals surface area contributed by atoms with Crippen molar-refractivity contribution in [1.82, 2.24) is 0 Å². The molecule has 0 amide bonds. The second-order valence-electron chi connectivity index (χ2n) is 7.00. The molecule has 1 aromatic rings. The minimum atomic E-state index is -1.97. The average molecular weight is 339 g/mol. The third kappa shape index (κ3) is 6.95. The van der Waals surface area contributed by atoms with Crippen LogP contribution >= 0.6 is 0 Å². The van der Waals surface area contributed by atoms with Gasteiger partial charge in [0, 0.05) is 0 Å². The van der Waals surface area contributed by atoms with E-state index in [1.165, 1.54) is 0 Å². The summed E-state index contributed by atoms with van der Waals surface area (Å²) in [7, 11) is -2.28. The summed E-state index contributed by atoms with van der Waals surface area (Å²) >= 11 is 0. The van der Waals surface area contributed by atoms with Crippen LogP contribution in [0.1, 0.15) is 5.56 Å². The summed E-state index contributed by atoms with van der Waals surface area (Å²) in [5.74, 6) is 0.624. The van der Waals surface area contributed by atoms with Crippen LogP contribution in [0.15, 0.2) is 30.0 Å². The molecule has 0 bridgehead atoms. The van der Waals surface area contributed by atoms with Gasteiger partial charge in [0.15, 0.2) is 5.76 Å². The Kier molecular flexibility index (Phi) is 6.02. The smallest absolute Gasteiger partial charge is 0.358 e. The van der Waals surface area contributed by atoms with Gasteiger partial charge in [0.1, 0.15) is 5.75 Å². The monoisotopic (exact) mass is 338 g/mol. The van der Waals surface area contributed by atoms with E-state index in [0.717, 1.165) is 11.3 Å². The molecule has 0 saturated heterocycles. The first-order valence-electron chi connectivity index (χ1n) is 7.28. The molecule has 0 aromatic heterocycles. The van der Waals surface area contributed by atoms with Crippen molar-refractivity contribution >= 4 is 28.7 Å². The molecular weight excluding hydrogens is 312 g/mol. The Morgan fingerprint density at radius 2 is 1.59 bits per heavy atom. The predicted octanol–water partition coefficient (Wildman–Crippen LogP) is 4.27. The highest BCUT2D eigenvalue weighted by Crippen LogP contribution is 2.20. The lowest BCUT2D eigenvalue weighted by molar-refractivity contribution is -0.133. The zero-order valence-corrected chi connectivity index (χ0v) is 16.5. The predicted molar refractivity (Wildman–Crippen MR) is 94.8 cm³/mol. The van der Waals surface area contributed by atoms with Crippen LogP contribution in [0.25, 0.3) is 6.08 Å². The highest BCUT2D eigenvalue weighted by Gasteiger charge is 2.27. The van der Waals surface area contributed by atoms with Crippen LogP contribution in [0.3, 0.4) is 0 Å². The third-order valence-electron chi connectivity index (χ3n) is 2.41. The zero-order chi connectivity index (χ0) is 17.0. The molecule has 122 valence electrons. The third-order valence-corrected chi connectivity index (χ3v) is 4.04. The highest BCUT2D eigenvalue weighted by atomic mass is 28.4. The number of benzene rings is 1. The fourth-order valence-electron chi connectivity index (χ4n) is 1.67. The minimum Gasteiger partial charge on any atom is -0.539 e. The molecule has 22 heavy (non-hydrogen) atoms. The molecule has 0 aliphatic heterocycles. The summed E-state index contributed by atoms with van der Waals surface area (Å²) in [5, 5.41) is 0. The summed E-state index contributed by atoms with van der Waals surface area (Å²) < 4.78 is 16.7. The normalized spacial score (nSPS) is 12.8. The van der Waals surface area contributed by atoms with Gasteiger partial charge in [-0.1, -0.05) is 12.1 Å². The van der Waals surface area contributed by atoms with Gasteiger partial charge in [0.2, 0.25) is 16.6 Å². The molecule has 0 unspecified atom stereocenters. The molecule has 0 N–H and O–H groups in total. The number of rotatable bonds is 6. The first-order valence-corrected chi connectivity index (χ1v) is 14.1. The number of carbonyl (C=O) groups excluding carboxylic acids is 1. The van der Waals surface area contributed by atoms with E-state index in [2.05, 4.69) is 0 Å². The molecule has 1 rings (SSSR count). The SMILES string of the molecule is COc1cccc(/C=C(\O[Si](C)(C)C)C(=O)O[Si](C)(C)C)c1. The Hall–Kier alpha value is -1.54. The Morgan fingerprint density at radius 1 is 1.00 bits per heavy atom. The van der Waals surface area contributed by atoms with Crippen LogP contribution in [-0.4, -0.2) is 29.7 Å². The van der Waals surface area contributed by atoms with Crippen molar-refractivity contribution in [1.29, 1.82) is 0 Å². The number of hydrogen-bond acceptors (Lipinski definition) is 4. The largest absolute Gasteiger partial charge is 0.539 e. The van der Waals surface area contributed by atoms with E-state index in [-0.39, 0.29) is 11.7 Å². The van der Waals surface area contributed by atoms with Gasteiger partial charge in [-0.15, -0.1) is 0 Å². The van der Waals surface area contributed by atoms with Crippen molar-refractivity contribution in [2.45, 2.75) is 39.3 Å². The van der Waals surface area contributed by atoms with E-state index >= 15 is 0 Å². The van der Waals surface area contributed by atoms with E-state index in [0.29, 0.717) is 0 Å². The van der Waals surface area contributed by atoms with E-state index in [4.69, 9.17) is 13.6 Å².